The summed E-state index contributed by atoms with van der Waals surface area (Å²) in [5, 5.41) is 16.1. The molecular weight excluding hydrogens is 382 g/mol. The van der Waals surface area contributed by atoms with Crippen molar-refractivity contribution in [3.05, 3.63) is 92.1 Å². The molecule has 8 nitrogen and oxygen atoms in total. The molecule has 0 bridgehead atoms. The molecule has 4 rings (SSSR count). The average molecular weight is 394 g/mol. The highest BCUT2D eigenvalue weighted by molar-refractivity contribution is 6.32. The van der Waals surface area contributed by atoms with Crippen LogP contribution < -0.4 is 5.56 Å². The van der Waals surface area contributed by atoms with Crippen molar-refractivity contribution in [2.75, 3.05) is 0 Å². The predicted octanol–water partition coefficient (Wildman–Crippen LogP) is 3.46. The van der Waals surface area contributed by atoms with Gasteiger partial charge < -0.3 is 0 Å². The van der Waals surface area contributed by atoms with Crippen molar-refractivity contribution >= 4 is 28.2 Å². The van der Waals surface area contributed by atoms with Crippen LogP contribution in [-0.2, 0) is 6.54 Å². The maximum atomic E-state index is 12.9. The van der Waals surface area contributed by atoms with Gasteiger partial charge in [0, 0.05) is 30.2 Å². The summed E-state index contributed by atoms with van der Waals surface area (Å²) in [5.41, 5.74) is 1.49. The molecule has 9 heteroatoms. The zero-order valence-corrected chi connectivity index (χ0v) is 15.1. The first kappa shape index (κ1) is 17.7. The third-order valence-corrected chi connectivity index (χ3v) is 4.54. The molecule has 0 aliphatic heterocycles. The van der Waals surface area contributed by atoms with Crippen LogP contribution in [0, 0.1) is 10.1 Å². The lowest BCUT2D eigenvalue weighted by molar-refractivity contribution is -0.384. The molecule has 0 unspecified atom stereocenters. The van der Waals surface area contributed by atoms with Crippen LogP contribution in [0.3, 0.4) is 0 Å². The summed E-state index contributed by atoms with van der Waals surface area (Å²) in [7, 11) is 0. The van der Waals surface area contributed by atoms with E-state index in [1.165, 1.54) is 16.8 Å². The van der Waals surface area contributed by atoms with Crippen molar-refractivity contribution in [2.24, 2.45) is 0 Å². The molecule has 138 valence electrons. The predicted molar refractivity (Wildman–Crippen MR) is 104 cm³/mol. The summed E-state index contributed by atoms with van der Waals surface area (Å²) in [6, 6.07) is 11.3. The number of nitro benzene ring substituents is 1. The number of hydrogen-bond donors (Lipinski definition) is 0. The fourth-order valence-electron chi connectivity index (χ4n) is 2.88. The van der Waals surface area contributed by atoms with Gasteiger partial charge in [-0.05, 0) is 35.9 Å². The lowest BCUT2D eigenvalue weighted by atomic mass is 10.1. The molecule has 0 saturated carbocycles. The Morgan fingerprint density at radius 1 is 1.11 bits per heavy atom. The van der Waals surface area contributed by atoms with Gasteiger partial charge in [-0.3, -0.25) is 24.9 Å². The summed E-state index contributed by atoms with van der Waals surface area (Å²) in [6.45, 7) is 0.231. The van der Waals surface area contributed by atoms with Crippen LogP contribution in [0.4, 0.5) is 5.69 Å². The van der Waals surface area contributed by atoms with E-state index in [1.807, 2.05) is 0 Å². The van der Waals surface area contributed by atoms with Gasteiger partial charge >= 0.3 is 0 Å². The van der Waals surface area contributed by atoms with Crippen molar-refractivity contribution in [1.29, 1.82) is 0 Å². The first-order valence-electron chi connectivity index (χ1n) is 8.23. The number of aromatic nitrogens is 4. The van der Waals surface area contributed by atoms with Crippen LogP contribution >= 0.6 is 11.6 Å². The number of rotatable bonds is 4. The highest BCUT2D eigenvalue weighted by Crippen LogP contribution is 2.31. The largest absolute Gasteiger partial charge is 0.288 e. The third-order valence-electron chi connectivity index (χ3n) is 4.22. The Hall–Kier alpha value is -3.65. The maximum absolute atomic E-state index is 12.9. The highest BCUT2D eigenvalue weighted by Gasteiger charge is 2.18. The van der Waals surface area contributed by atoms with Gasteiger partial charge in [0.1, 0.15) is 16.2 Å². The number of halogens is 1. The maximum Gasteiger partial charge on any atom is 0.288 e. The monoisotopic (exact) mass is 393 g/mol. The molecule has 0 saturated heterocycles. The van der Waals surface area contributed by atoms with Crippen molar-refractivity contribution in [3.8, 4) is 11.3 Å². The van der Waals surface area contributed by atoms with E-state index in [9.17, 15) is 14.9 Å². The number of fused-ring (bicyclic) bond motifs is 1. The molecular formula is C19H12ClN5O3. The first-order valence-corrected chi connectivity index (χ1v) is 8.61. The Morgan fingerprint density at radius 2 is 1.89 bits per heavy atom. The van der Waals surface area contributed by atoms with Gasteiger partial charge in [-0.25, -0.2) is 4.68 Å². The Balaban J connectivity index is 1.96. The quantitative estimate of drug-likeness (QED) is 0.388. The highest BCUT2D eigenvalue weighted by atomic mass is 35.5. The molecule has 0 fully saturated rings. The molecule has 4 aromatic rings. The van der Waals surface area contributed by atoms with E-state index in [2.05, 4.69) is 15.1 Å². The van der Waals surface area contributed by atoms with Gasteiger partial charge in [-0.15, -0.1) is 0 Å². The fraction of sp³-hybridized carbons (Fsp3) is 0.0526. The van der Waals surface area contributed by atoms with E-state index < -0.39 is 4.92 Å². The van der Waals surface area contributed by atoms with Crippen LogP contribution in [0.5, 0.6) is 0 Å². The average Bonchev–Trinajstić information content (AvgIpc) is 2.71. The van der Waals surface area contributed by atoms with E-state index in [0.717, 1.165) is 5.56 Å². The molecule has 0 atom stereocenters. The summed E-state index contributed by atoms with van der Waals surface area (Å²) >= 11 is 5.92. The molecule has 0 N–H and O–H groups in total. The molecule has 0 spiro atoms. The molecule has 3 aromatic heterocycles. The van der Waals surface area contributed by atoms with Crippen LogP contribution in [0.1, 0.15) is 5.56 Å². The Morgan fingerprint density at radius 3 is 2.64 bits per heavy atom. The van der Waals surface area contributed by atoms with E-state index in [1.54, 1.807) is 48.9 Å². The third kappa shape index (κ3) is 3.21. The van der Waals surface area contributed by atoms with Crippen LogP contribution in [0.15, 0.2) is 65.8 Å². The van der Waals surface area contributed by atoms with Crippen LogP contribution in [0.2, 0.25) is 5.02 Å². The minimum atomic E-state index is -0.561. The van der Waals surface area contributed by atoms with Crippen molar-refractivity contribution in [2.45, 2.75) is 6.54 Å². The standard InChI is InChI=1S/C19H12ClN5O3/c20-15-4-3-13(10-16(15)25(27)28)17-18-14(2-1-7-22-18)19(26)24(23-17)11-12-5-8-21-9-6-12/h1-10H,11H2. The van der Waals surface area contributed by atoms with Crippen LogP contribution in [0.25, 0.3) is 22.2 Å². The lowest BCUT2D eigenvalue weighted by Crippen LogP contribution is -2.24. The lowest BCUT2D eigenvalue weighted by Gasteiger charge is -2.11. The normalized spacial score (nSPS) is 10.9. The second-order valence-corrected chi connectivity index (χ2v) is 6.40. The zero-order chi connectivity index (χ0) is 19.7. The minimum Gasteiger partial charge on any atom is -0.267 e. The number of benzene rings is 1. The second kappa shape index (κ2) is 7.16. The van der Waals surface area contributed by atoms with E-state index in [-0.39, 0.29) is 22.8 Å². The van der Waals surface area contributed by atoms with Gasteiger partial charge in [-0.1, -0.05) is 17.7 Å². The Labute approximate surface area is 163 Å². The second-order valence-electron chi connectivity index (χ2n) is 5.99. The Kier molecular flexibility index (Phi) is 4.54. The Bertz CT molecular complexity index is 1260. The fourth-order valence-corrected chi connectivity index (χ4v) is 3.07. The minimum absolute atomic E-state index is 0.0242. The number of pyridine rings is 2. The molecule has 0 aliphatic carbocycles. The number of hydrogen-bond acceptors (Lipinski definition) is 6. The summed E-state index contributed by atoms with van der Waals surface area (Å²) < 4.78 is 1.31. The molecule has 3 heterocycles. The van der Waals surface area contributed by atoms with E-state index in [4.69, 9.17) is 11.6 Å². The molecule has 0 amide bonds. The molecule has 0 aliphatic rings. The topological polar surface area (TPSA) is 104 Å². The van der Waals surface area contributed by atoms with Crippen molar-refractivity contribution in [1.82, 2.24) is 19.7 Å². The van der Waals surface area contributed by atoms with Crippen molar-refractivity contribution in [3.63, 3.8) is 0 Å². The smallest absolute Gasteiger partial charge is 0.267 e. The number of nitro groups is 1. The summed E-state index contributed by atoms with van der Waals surface area (Å²) in [5.74, 6) is 0. The van der Waals surface area contributed by atoms with Crippen LogP contribution in [-0.4, -0.2) is 24.7 Å². The summed E-state index contributed by atoms with van der Waals surface area (Å²) in [6.07, 6.45) is 4.81. The van der Waals surface area contributed by atoms with Gasteiger partial charge in [0.05, 0.1) is 16.9 Å². The first-order chi connectivity index (χ1) is 13.5. The van der Waals surface area contributed by atoms with E-state index in [0.29, 0.717) is 22.2 Å². The SMILES string of the molecule is O=c1c2cccnc2c(-c2ccc(Cl)c([N+](=O)[O-])c2)nn1Cc1ccncc1. The van der Waals surface area contributed by atoms with Crippen molar-refractivity contribution < 1.29 is 4.92 Å². The molecule has 1 aromatic carbocycles. The van der Waals surface area contributed by atoms with Gasteiger partial charge in [-0.2, -0.15) is 5.10 Å². The zero-order valence-electron chi connectivity index (χ0n) is 14.3. The van der Waals surface area contributed by atoms with Gasteiger partial charge in [0.25, 0.3) is 11.2 Å². The van der Waals surface area contributed by atoms with E-state index >= 15 is 0 Å². The van der Waals surface area contributed by atoms with Gasteiger partial charge in [0.15, 0.2) is 0 Å². The summed E-state index contributed by atoms with van der Waals surface area (Å²) in [4.78, 5) is 31.8. The molecule has 0 radical (unpaired) electrons. The van der Waals surface area contributed by atoms with Gasteiger partial charge in [0.2, 0.25) is 0 Å². The number of nitrogens with zero attached hydrogens (tertiary/aromatic N) is 5. The molecule has 28 heavy (non-hydrogen) atoms.